The molecule has 1 saturated heterocycles. The fourth-order valence-corrected chi connectivity index (χ4v) is 4.76. The van der Waals surface area contributed by atoms with Gasteiger partial charge in [0.1, 0.15) is 0 Å². The normalized spacial score (nSPS) is 19.2. The molecule has 0 amide bonds. The molecule has 0 bridgehead atoms. The van der Waals surface area contributed by atoms with Crippen LogP contribution in [0.3, 0.4) is 0 Å². The van der Waals surface area contributed by atoms with Crippen LogP contribution in [0, 0.1) is 0 Å². The molecule has 1 fully saturated rings. The molecular formula is C14H17N2P. The van der Waals surface area contributed by atoms with E-state index in [0.29, 0.717) is 0 Å². The predicted molar refractivity (Wildman–Crippen MR) is 75.8 cm³/mol. The lowest BCUT2D eigenvalue weighted by Gasteiger charge is -2.25. The summed E-state index contributed by atoms with van der Waals surface area (Å²) in [6.45, 7) is 2.35. The first-order valence-electron chi connectivity index (χ1n) is 5.97. The molecule has 0 aromatic heterocycles. The maximum absolute atomic E-state index is 2.47. The number of hydrogen-bond donors (Lipinski definition) is 0. The van der Waals surface area contributed by atoms with Crippen molar-refractivity contribution in [3.05, 3.63) is 42.5 Å². The quantitative estimate of drug-likeness (QED) is 0.712. The van der Waals surface area contributed by atoms with Crippen molar-refractivity contribution in [3.63, 3.8) is 0 Å². The molecule has 0 atom stereocenters. The number of hydrogen-bond acceptors (Lipinski definition) is 2. The van der Waals surface area contributed by atoms with Crippen LogP contribution in [0.5, 0.6) is 0 Å². The summed E-state index contributed by atoms with van der Waals surface area (Å²) in [6, 6.07) is 15.5. The predicted octanol–water partition coefficient (Wildman–Crippen LogP) is 2.65. The van der Waals surface area contributed by atoms with E-state index in [1.807, 2.05) is 0 Å². The van der Waals surface area contributed by atoms with Gasteiger partial charge in [-0.2, -0.15) is 0 Å². The van der Waals surface area contributed by atoms with Gasteiger partial charge in [0.2, 0.25) is 0 Å². The van der Waals surface area contributed by atoms with Crippen molar-refractivity contribution in [3.8, 4) is 0 Å². The van der Waals surface area contributed by atoms with E-state index < -0.39 is 0 Å². The third-order valence-electron chi connectivity index (χ3n) is 3.36. The number of fused-ring (bicyclic) bond motifs is 1. The first kappa shape index (κ1) is 11.2. The molecule has 88 valence electrons. The van der Waals surface area contributed by atoms with Gasteiger partial charge >= 0.3 is 0 Å². The summed E-state index contributed by atoms with van der Waals surface area (Å²) in [7, 11) is 4.18. The van der Waals surface area contributed by atoms with Crippen LogP contribution in [-0.2, 0) is 0 Å². The summed E-state index contributed by atoms with van der Waals surface area (Å²) in [4.78, 5) is 0. The van der Waals surface area contributed by atoms with Gasteiger partial charge in [-0.3, -0.25) is 9.34 Å². The van der Waals surface area contributed by atoms with Crippen molar-refractivity contribution < 1.29 is 0 Å². The fraction of sp³-hybridized carbons (Fsp3) is 0.286. The lowest BCUT2D eigenvalue weighted by molar-refractivity contribution is 0.553. The zero-order valence-electron chi connectivity index (χ0n) is 10.3. The number of nitrogens with zero attached hydrogens (tertiary/aromatic N) is 2. The Bertz CT molecular complexity index is 530. The zero-order chi connectivity index (χ0) is 11.8. The summed E-state index contributed by atoms with van der Waals surface area (Å²) in [5.74, 6) is 0. The van der Waals surface area contributed by atoms with E-state index in [-0.39, 0.29) is 8.22 Å². The van der Waals surface area contributed by atoms with Crippen LogP contribution in [0.4, 0.5) is 0 Å². The first-order chi connectivity index (χ1) is 8.25. The number of benzene rings is 2. The number of likely N-dealkylation sites (N-methyl/N-ethyl adjacent to an activating group) is 2. The van der Waals surface area contributed by atoms with Crippen molar-refractivity contribution in [2.45, 2.75) is 0 Å². The van der Waals surface area contributed by atoms with Crippen molar-refractivity contribution in [2.75, 3.05) is 27.2 Å². The summed E-state index contributed by atoms with van der Waals surface area (Å²) >= 11 is 0. The van der Waals surface area contributed by atoms with Gasteiger partial charge in [0.15, 0.2) is 0 Å². The summed E-state index contributed by atoms with van der Waals surface area (Å²) in [5, 5.41) is 4.14. The molecule has 0 aliphatic carbocycles. The Labute approximate surface area is 104 Å². The lowest BCUT2D eigenvalue weighted by Crippen LogP contribution is -2.18. The van der Waals surface area contributed by atoms with Crippen molar-refractivity contribution in [1.82, 2.24) is 9.34 Å². The van der Waals surface area contributed by atoms with E-state index >= 15 is 0 Å². The van der Waals surface area contributed by atoms with Crippen LogP contribution in [0.15, 0.2) is 42.5 Å². The molecule has 1 aliphatic rings. The highest BCUT2D eigenvalue weighted by Crippen LogP contribution is 2.45. The zero-order valence-corrected chi connectivity index (χ0v) is 11.2. The van der Waals surface area contributed by atoms with Crippen molar-refractivity contribution in [2.24, 2.45) is 0 Å². The Morgan fingerprint density at radius 3 is 2.24 bits per heavy atom. The van der Waals surface area contributed by atoms with Crippen LogP contribution < -0.4 is 5.30 Å². The molecule has 0 N–H and O–H groups in total. The molecule has 0 spiro atoms. The van der Waals surface area contributed by atoms with Gasteiger partial charge in [0.25, 0.3) is 0 Å². The molecule has 3 heteroatoms. The molecule has 1 heterocycles. The summed E-state index contributed by atoms with van der Waals surface area (Å²) in [5.41, 5.74) is 0. The molecule has 2 aromatic carbocycles. The highest BCUT2D eigenvalue weighted by atomic mass is 31.1. The Hall–Kier alpha value is -0.950. The maximum Gasteiger partial charge on any atom is 0.0720 e. The molecule has 0 saturated carbocycles. The second-order valence-electron chi connectivity index (χ2n) is 4.58. The van der Waals surface area contributed by atoms with Crippen LogP contribution in [0.2, 0.25) is 0 Å². The summed E-state index contributed by atoms with van der Waals surface area (Å²) in [6.07, 6.45) is 0. The second kappa shape index (κ2) is 4.38. The molecule has 0 unspecified atom stereocenters. The van der Waals surface area contributed by atoms with Gasteiger partial charge in [0.05, 0.1) is 8.22 Å². The molecule has 2 nitrogen and oxygen atoms in total. The molecule has 17 heavy (non-hydrogen) atoms. The Morgan fingerprint density at radius 2 is 1.53 bits per heavy atom. The van der Waals surface area contributed by atoms with E-state index in [1.165, 1.54) is 29.2 Å². The standard InChI is InChI=1S/C14H17N2P/c1-15-9-10-16(2)17(15)14-8-7-12-5-3-4-6-13(12)11-14/h3-8,11H,9-10H2,1-2H3. The van der Waals surface area contributed by atoms with E-state index in [2.05, 4.69) is 65.9 Å². The fourth-order valence-electron chi connectivity index (χ4n) is 2.43. The minimum Gasteiger partial charge on any atom is -0.268 e. The van der Waals surface area contributed by atoms with Crippen LogP contribution in [0.1, 0.15) is 0 Å². The summed E-state index contributed by atoms with van der Waals surface area (Å²) < 4.78 is 4.94. The Balaban J connectivity index is 2.05. The van der Waals surface area contributed by atoms with Gasteiger partial charge < -0.3 is 0 Å². The highest BCUT2D eigenvalue weighted by Gasteiger charge is 2.27. The monoisotopic (exact) mass is 244 g/mol. The van der Waals surface area contributed by atoms with E-state index in [4.69, 9.17) is 0 Å². The smallest absolute Gasteiger partial charge is 0.0720 e. The SMILES string of the molecule is CN1CCN(C)P1c1ccc2ccccc2c1. The maximum atomic E-state index is 2.47. The average molecular weight is 244 g/mol. The molecule has 0 radical (unpaired) electrons. The molecule has 2 aromatic rings. The topological polar surface area (TPSA) is 6.48 Å². The van der Waals surface area contributed by atoms with Crippen LogP contribution in [0.25, 0.3) is 10.8 Å². The van der Waals surface area contributed by atoms with Gasteiger partial charge in [-0.05, 0) is 30.9 Å². The molecule has 3 rings (SSSR count). The minimum atomic E-state index is -0.269. The van der Waals surface area contributed by atoms with Gasteiger partial charge in [-0.1, -0.05) is 36.4 Å². The van der Waals surface area contributed by atoms with E-state index in [0.717, 1.165) is 0 Å². The largest absolute Gasteiger partial charge is 0.268 e. The average Bonchev–Trinajstić information content (AvgIpc) is 2.68. The molecule has 1 aliphatic heterocycles. The van der Waals surface area contributed by atoms with Crippen molar-refractivity contribution in [1.29, 1.82) is 0 Å². The Morgan fingerprint density at radius 1 is 0.882 bits per heavy atom. The highest BCUT2D eigenvalue weighted by molar-refractivity contribution is 7.61. The van der Waals surface area contributed by atoms with E-state index in [9.17, 15) is 0 Å². The minimum absolute atomic E-state index is 0.269. The second-order valence-corrected chi connectivity index (χ2v) is 7.04. The van der Waals surface area contributed by atoms with Crippen LogP contribution in [-0.4, -0.2) is 36.5 Å². The van der Waals surface area contributed by atoms with Gasteiger partial charge in [0, 0.05) is 18.4 Å². The lowest BCUT2D eigenvalue weighted by atomic mass is 10.1. The first-order valence-corrected chi connectivity index (χ1v) is 7.21. The van der Waals surface area contributed by atoms with Gasteiger partial charge in [-0.25, -0.2) is 0 Å². The Kier molecular flexibility index (Phi) is 2.87. The number of rotatable bonds is 1. The van der Waals surface area contributed by atoms with Gasteiger partial charge in [-0.15, -0.1) is 0 Å². The van der Waals surface area contributed by atoms with Crippen LogP contribution >= 0.6 is 8.22 Å². The third-order valence-corrected chi connectivity index (χ3v) is 5.79. The molecular weight excluding hydrogens is 227 g/mol. The third kappa shape index (κ3) is 1.97. The van der Waals surface area contributed by atoms with E-state index in [1.54, 1.807) is 0 Å². The van der Waals surface area contributed by atoms with Crippen molar-refractivity contribution >= 4 is 24.3 Å².